The van der Waals surface area contributed by atoms with Crippen LogP contribution in [0.4, 0.5) is 11.4 Å². The maximum Gasteiger partial charge on any atom is 0.278 e. The molecule has 0 aliphatic carbocycles. The van der Waals surface area contributed by atoms with Gasteiger partial charge in [0.2, 0.25) is 0 Å². The summed E-state index contributed by atoms with van der Waals surface area (Å²) in [6.45, 7) is 0. The van der Waals surface area contributed by atoms with Gasteiger partial charge in [0.05, 0.1) is 32.4 Å². The number of H-pyrrole nitrogens is 1. The highest BCUT2D eigenvalue weighted by molar-refractivity contribution is 6.04. The highest BCUT2D eigenvalue weighted by atomic mass is 16.6. The van der Waals surface area contributed by atoms with Gasteiger partial charge in [-0.1, -0.05) is 84.9 Å². The van der Waals surface area contributed by atoms with E-state index < -0.39 is 9.85 Å². The Morgan fingerprint density at radius 2 is 0.943 bits per heavy atom. The Bertz CT molecular complexity index is 1540. The maximum absolute atomic E-state index is 12.0. The van der Waals surface area contributed by atoms with E-state index in [1.165, 1.54) is 12.1 Å². The van der Waals surface area contributed by atoms with Crippen LogP contribution in [-0.2, 0) is 0 Å². The van der Waals surface area contributed by atoms with Gasteiger partial charge >= 0.3 is 0 Å². The number of nitrogens with zero attached hydrogens (tertiary/aromatic N) is 2. The van der Waals surface area contributed by atoms with Crippen LogP contribution in [0.15, 0.2) is 109 Å². The van der Waals surface area contributed by atoms with E-state index in [4.69, 9.17) is 0 Å². The molecule has 0 fully saturated rings. The second kappa shape index (κ2) is 9.07. The first-order chi connectivity index (χ1) is 17.1. The molecule has 5 rings (SSSR count). The van der Waals surface area contributed by atoms with E-state index in [-0.39, 0.29) is 11.4 Å². The van der Waals surface area contributed by atoms with Gasteiger partial charge in [-0.3, -0.25) is 20.2 Å². The highest BCUT2D eigenvalue weighted by Crippen LogP contribution is 2.49. The third-order valence-electron chi connectivity index (χ3n) is 5.87. The number of para-hydroxylation sites is 2. The van der Waals surface area contributed by atoms with Crippen molar-refractivity contribution < 1.29 is 9.85 Å². The molecule has 0 saturated carbocycles. The van der Waals surface area contributed by atoms with Crippen molar-refractivity contribution in [3.63, 3.8) is 0 Å². The fourth-order valence-electron chi connectivity index (χ4n) is 4.37. The lowest BCUT2D eigenvalue weighted by atomic mass is 9.90. The average Bonchev–Trinajstić information content (AvgIpc) is 3.30. The maximum atomic E-state index is 12.0. The molecule has 0 spiro atoms. The zero-order valence-electron chi connectivity index (χ0n) is 18.4. The number of nitrogens with one attached hydrogen (secondary N) is 1. The summed E-state index contributed by atoms with van der Waals surface area (Å²) in [4.78, 5) is 26.5. The largest absolute Gasteiger partial charge is 0.353 e. The quantitative estimate of drug-likeness (QED) is 0.209. The molecule has 0 radical (unpaired) electrons. The molecule has 0 aliphatic rings. The van der Waals surface area contributed by atoms with Crippen molar-refractivity contribution in [1.82, 2.24) is 4.98 Å². The summed E-state index contributed by atoms with van der Waals surface area (Å²) in [5.41, 5.74) is 4.69. The summed E-state index contributed by atoms with van der Waals surface area (Å²) in [5, 5.41) is 24.0. The zero-order valence-corrected chi connectivity index (χ0v) is 18.4. The normalized spacial score (nSPS) is 10.7. The Hall–Kier alpha value is -5.04. The third-order valence-corrected chi connectivity index (χ3v) is 5.87. The molecule has 170 valence electrons. The fourth-order valence-corrected chi connectivity index (χ4v) is 4.37. The molecule has 4 aromatic carbocycles. The van der Waals surface area contributed by atoms with E-state index in [1.54, 1.807) is 36.4 Å². The Balaban J connectivity index is 1.97. The molecule has 0 saturated heterocycles. The molecular weight excluding hydrogens is 442 g/mol. The molecule has 1 N–H and O–H groups in total. The molecule has 5 aromatic rings. The van der Waals surface area contributed by atoms with E-state index in [0.717, 1.165) is 22.4 Å². The lowest BCUT2D eigenvalue weighted by molar-refractivity contribution is -0.384. The predicted octanol–water partition coefficient (Wildman–Crippen LogP) is 7.50. The molecular formula is C28H19N3O4. The van der Waals surface area contributed by atoms with E-state index in [0.29, 0.717) is 22.4 Å². The van der Waals surface area contributed by atoms with Crippen LogP contribution >= 0.6 is 0 Å². The number of aromatic nitrogens is 1. The molecule has 0 unspecified atom stereocenters. The molecule has 0 aliphatic heterocycles. The van der Waals surface area contributed by atoms with E-state index >= 15 is 0 Å². The second-order valence-electron chi connectivity index (χ2n) is 7.91. The molecule has 1 aromatic heterocycles. The van der Waals surface area contributed by atoms with Gasteiger partial charge in [-0.15, -0.1) is 0 Å². The van der Waals surface area contributed by atoms with Crippen LogP contribution in [-0.4, -0.2) is 14.8 Å². The summed E-state index contributed by atoms with van der Waals surface area (Å²) in [6.07, 6.45) is 0. The molecule has 7 nitrogen and oxygen atoms in total. The van der Waals surface area contributed by atoms with E-state index in [1.807, 2.05) is 60.7 Å². The number of benzene rings is 4. The summed E-state index contributed by atoms with van der Waals surface area (Å²) in [7, 11) is 0. The lowest BCUT2D eigenvalue weighted by Crippen LogP contribution is -1.95. The van der Waals surface area contributed by atoms with Gasteiger partial charge in [0.15, 0.2) is 0 Å². The number of aromatic amines is 1. The first-order valence-corrected chi connectivity index (χ1v) is 10.9. The van der Waals surface area contributed by atoms with Gasteiger partial charge in [-0.2, -0.15) is 0 Å². The SMILES string of the molecule is O=[N+]([O-])c1ccccc1-c1[nH]c(-c2ccccc2)c(-c2ccccc2)c1-c1ccccc1[N+](=O)[O-]. The molecule has 0 atom stereocenters. The van der Waals surface area contributed by atoms with Crippen molar-refractivity contribution in [2.75, 3.05) is 0 Å². The monoisotopic (exact) mass is 461 g/mol. The average molecular weight is 461 g/mol. The van der Waals surface area contributed by atoms with Crippen molar-refractivity contribution in [1.29, 1.82) is 0 Å². The Morgan fingerprint density at radius 3 is 1.51 bits per heavy atom. The van der Waals surface area contributed by atoms with Crippen LogP contribution in [0.25, 0.3) is 44.8 Å². The summed E-state index contributed by atoms with van der Waals surface area (Å²) >= 11 is 0. The van der Waals surface area contributed by atoms with Crippen LogP contribution in [0.2, 0.25) is 0 Å². The second-order valence-corrected chi connectivity index (χ2v) is 7.91. The Morgan fingerprint density at radius 1 is 0.486 bits per heavy atom. The highest BCUT2D eigenvalue weighted by Gasteiger charge is 2.29. The first-order valence-electron chi connectivity index (χ1n) is 10.9. The molecule has 7 heteroatoms. The lowest BCUT2D eigenvalue weighted by Gasteiger charge is -2.11. The minimum absolute atomic E-state index is 0.0804. The minimum atomic E-state index is -0.441. The van der Waals surface area contributed by atoms with Crippen molar-refractivity contribution in [3.05, 3.63) is 129 Å². The van der Waals surface area contributed by atoms with Crippen LogP contribution < -0.4 is 0 Å². The van der Waals surface area contributed by atoms with Crippen molar-refractivity contribution >= 4 is 11.4 Å². The Kier molecular flexibility index (Phi) is 5.65. The van der Waals surface area contributed by atoms with Crippen LogP contribution in [0.5, 0.6) is 0 Å². The van der Waals surface area contributed by atoms with Crippen LogP contribution in [0.1, 0.15) is 0 Å². The fraction of sp³-hybridized carbons (Fsp3) is 0. The first kappa shape index (κ1) is 21.8. The number of rotatable bonds is 6. The van der Waals surface area contributed by atoms with Crippen LogP contribution in [0, 0.1) is 20.2 Å². The predicted molar refractivity (Wildman–Crippen MR) is 136 cm³/mol. The molecule has 35 heavy (non-hydrogen) atoms. The van der Waals surface area contributed by atoms with Gasteiger partial charge in [0.25, 0.3) is 11.4 Å². The number of nitro benzene ring substituents is 2. The third kappa shape index (κ3) is 3.95. The van der Waals surface area contributed by atoms with Gasteiger partial charge in [0.1, 0.15) is 0 Å². The summed E-state index contributed by atoms with van der Waals surface area (Å²) in [5.74, 6) is 0. The summed E-state index contributed by atoms with van der Waals surface area (Å²) in [6, 6.07) is 32.0. The standard InChI is InChI=1S/C28H19N3O4/c32-30(33)23-17-9-7-15-21(23)26-25(19-11-3-1-4-12-19)27(20-13-5-2-6-14-20)29-28(26)22-16-8-10-18-24(22)31(34)35/h1-18,29H. The minimum Gasteiger partial charge on any atom is -0.353 e. The van der Waals surface area contributed by atoms with E-state index in [9.17, 15) is 20.2 Å². The Labute approximate surface area is 200 Å². The van der Waals surface area contributed by atoms with Gasteiger partial charge in [0, 0.05) is 23.3 Å². The number of nitro groups is 2. The van der Waals surface area contributed by atoms with Crippen molar-refractivity contribution in [2.24, 2.45) is 0 Å². The number of hydrogen-bond donors (Lipinski definition) is 1. The molecule has 0 bridgehead atoms. The van der Waals surface area contributed by atoms with Crippen LogP contribution in [0.3, 0.4) is 0 Å². The van der Waals surface area contributed by atoms with Crippen molar-refractivity contribution in [2.45, 2.75) is 0 Å². The summed E-state index contributed by atoms with van der Waals surface area (Å²) < 4.78 is 0. The number of hydrogen-bond acceptors (Lipinski definition) is 4. The topological polar surface area (TPSA) is 102 Å². The van der Waals surface area contributed by atoms with Crippen molar-refractivity contribution in [3.8, 4) is 44.8 Å². The van der Waals surface area contributed by atoms with E-state index in [2.05, 4.69) is 4.98 Å². The molecule has 0 amide bonds. The molecule has 1 heterocycles. The zero-order chi connectivity index (χ0) is 24.4. The van der Waals surface area contributed by atoms with Gasteiger partial charge in [-0.25, -0.2) is 0 Å². The van der Waals surface area contributed by atoms with Gasteiger partial charge < -0.3 is 4.98 Å². The van der Waals surface area contributed by atoms with Gasteiger partial charge in [-0.05, 0) is 23.3 Å². The smallest absolute Gasteiger partial charge is 0.278 e.